The van der Waals surface area contributed by atoms with Gasteiger partial charge in [-0.1, -0.05) is 242 Å². The molecule has 0 atom stereocenters. The highest BCUT2D eigenvalue weighted by Crippen LogP contribution is 2.64. The molecule has 0 bridgehead atoms. The highest BCUT2D eigenvalue weighted by Gasteiger charge is 2.53. The summed E-state index contributed by atoms with van der Waals surface area (Å²) in [5, 5.41) is 0. The van der Waals surface area contributed by atoms with Crippen molar-refractivity contribution < 1.29 is 4.21 Å². The number of rotatable bonds is 4. The van der Waals surface area contributed by atoms with Gasteiger partial charge in [-0.2, -0.15) is 0 Å². The predicted octanol–water partition coefficient (Wildman–Crippen LogP) is 18.0. The fraction of sp³-hybridized carbons (Fsp3) is 0.0395. The molecule has 5 aliphatic rings. The Hall–Kier alpha value is -8.99. The Morgan fingerprint density at radius 1 is 0.266 bits per heavy atom. The van der Waals surface area contributed by atoms with Gasteiger partial charge in [0, 0.05) is 29.1 Å². The fourth-order valence-corrected chi connectivity index (χ4v) is 18.5. The van der Waals surface area contributed by atoms with Crippen LogP contribution in [-0.4, -0.2) is 10.1 Å². The van der Waals surface area contributed by atoms with Crippen LogP contribution in [0.15, 0.2) is 299 Å². The first kappa shape index (κ1) is 45.1. The maximum atomic E-state index is 15.0. The number of benzene rings is 12. The summed E-state index contributed by atoms with van der Waals surface area (Å²) in [6, 6.07) is 104. The Labute approximate surface area is 465 Å². The topological polar surface area (TPSA) is 17.1 Å². The van der Waals surface area contributed by atoms with E-state index in [-0.39, 0.29) is 0 Å². The van der Waals surface area contributed by atoms with Crippen LogP contribution in [0.3, 0.4) is 0 Å². The molecule has 0 aromatic heterocycles. The van der Waals surface area contributed by atoms with Gasteiger partial charge in [-0.3, -0.25) is 4.21 Å². The van der Waals surface area contributed by atoms with Gasteiger partial charge in [-0.05, 0) is 177 Å². The zero-order chi connectivity index (χ0) is 52.2. The number of fused-ring (bicyclic) bond motifs is 21. The van der Waals surface area contributed by atoms with Gasteiger partial charge in [-0.15, -0.1) is 0 Å². The summed E-state index contributed by atoms with van der Waals surface area (Å²) in [6.07, 6.45) is 0. The molecule has 3 heteroatoms. The molecule has 17 rings (SSSR count). The van der Waals surface area contributed by atoms with Crippen LogP contribution in [0.25, 0.3) is 55.6 Å². The normalized spacial score (nSPS) is 18.2. The van der Waals surface area contributed by atoms with Crippen molar-refractivity contribution in [2.45, 2.75) is 35.8 Å². The van der Waals surface area contributed by atoms with Gasteiger partial charge < -0.3 is 0 Å². The van der Waals surface area contributed by atoms with E-state index < -0.39 is 25.8 Å². The molecule has 0 saturated heterocycles. The molecule has 0 amide bonds. The van der Waals surface area contributed by atoms with E-state index in [9.17, 15) is 0 Å². The third kappa shape index (κ3) is 5.71. The van der Waals surface area contributed by atoms with Crippen LogP contribution in [0.1, 0.15) is 66.8 Å². The smallest absolute Gasteiger partial charge is 0.0737 e. The summed E-state index contributed by atoms with van der Waals surface area (Å²) >= 11 is 1.89. The Morgan fingerprint density at radius 2 is 0.582 bits per heavy atom. The van der Waals surface area contributed by atoms with Gasteiger partial charge in [0.1, 0.15) is 0 Å². The minimum atomic E-state index is -2.79. The van der Waals surface area contributed by atoms with E-state index in [4.69, 9.17) is 0 Å². The molecule has 2 aliphatic heterocycles. The lowest BCUT2D eigenvalue weighted by Gasteiger charge is -2.41. The first-order valence-corrected chi connectivity index (χ1v) is 29.8. The molecule has 370 valence electrons. The molecule has 12 aromatic carbocycles. The lowest BCUT2D eigenvalue weighted by Crippen LogP contribution is -2.35. The minimum Gasteiger partial charge on any atom is -0.258 e. The van der Waals surface area contributed by atoms with Crippen molar-refractivity contribution in [3.8, 4) is 55.6 Å². The van der Waals surface area contributed by atoms with Gasteiger partial charge in [0.05, 0.1) is 16.2 Å². The molecule has 0 saturated carbocycles. The summed E-state index contributed by atoms with van der Waals surface area (Å²) in [5.41, 5.74) is 25.1. The second-order valence-corrected chi connectivity index (χ2v) is 25.2. The van der Waals surface area contributed by atoms with E-state index in [1.54, 1.807) is 0 Å². The Bertz CT molecular complexity index is 4600. The summed E-state index contributed by atoms with van der Waals surface area (Å²) in [7, 11) is -2.79. The van der Waals surface area contributed by atoms with E-state index in [1.807, 2.05) is 36.0 Å². The van der Waals surface area contributed by atoms with Gasteiger partial charge >= 0.3 is 0 Å². The lowest BCUT2D eigenvalue weighted by atomic mass is 9.66. The van der Waals surface area contributed by atoms with Crippen LogP contribution < -0.4 is 0 Å². The summed E-state index contributed by atoms with van der Waals surface area (Å²) < 4.78 is 15.0. The van der Waals surface area contributed by atoms with Crippen molar-refractivity contribution in [3.05, 3.63) is 346 Å². The molecule has 3 aliphatic carbocycles. The molecule has 0 fully saturated rings. The van der Waals surface area contributed by atoms with Crippen molar-refractivity contribution in [2.75, 3.05) is 0 Å². The summed E-state index contributed by atoms with van der Waals surface area (Å²) in [4.78, 5) is 4.22. The standard InChI is InChI=1S/C76H48OS2/c1-79(77)72-38-16-12-34-66(72)76(67-35-13-17-39-73(67)79)63-31-9-5-27-57(63)59-43-41-51(47-69(59)76)49-21-19-23-53(45-49)74(60-28-6-2-24-54(60)55-25-3-7-29-61(55)74)52-22-18-20-48(44-52)50-40-42-58-56-26-4-8-30-62(56)75(68(58)46-50)64-32-10-14-36-70(64)78-71-37-15-11-33-65(71)75/h2-47H,1H2. The van der Waals surface area contributed by atoms with Crippen molar-refractivity contribution in [1.29, 1.82) is 0 Å². The second-order valence-electron chi connectivity index (χ2n) is 21.9. The first-order valence-electron chi connectivity index (χ1n) is 27.3. The van der Waals surface area contributed by atoms with Crippen LogP contribution in [-0.2, 0) is 25.8 Å². The Balaban J connectivity index is 0.870. The lowest BCUT2D eigenvalue weighted by molar-refractivity contribution is 0.658. The SMILES string of the molecule is C=S1(=O)c2ccccc2C2(c3ccccc3-c3ccc(-c4cccc(C5(c6cccc(-c7ccc8c(c7)C7(c9ccccc9Sc9ccccc97)c7ccccc7-8)c6)c6ccccc6-c6ccccc65)c4)cc32)c2ccccc21. The van der Waals surface area contributed by atoms with Crippen LogP contribution >= 0.6 is 11.8 Å². The molecule has 1 nitrogen and oxygen atoms in total. The third-order valence-electron chi connectivity index (χ3n) is 18.4. The van der Waals surface area contributed by atoms with Gasteiger partial charge in [0.2, 0.25) is 0 Å². The molecule has 0 unspecified atom stereocenters. The molecule has 2 spiro atoms. The Morgan fingerprint density at radius 3 is 1.01 bits per heavy atom. The first-order chi connectivity index (χ1) is 38.9. The summed E-state index contributed by atoms with van der Waals surface area (Å²) in [6.45, 7) is 0. The molecule has 12 aromatic rings. The monoisotopic (exact) mass is 1040 g/mol. The van der Waals surface area contributed by atoms with Crippen LogP contribution in [0.4, 0.5) is 0 Å². The maximum absolute atomic E-state index is 15.0. The molecule has 0 radical (unpaired) electrons. The van der Waals surface area contributed by atoms with Crippen LogP contribution in [0.2, 0.25) is 0 Å². The number of hydrogen-bond acceptors (Lipinski definition) is 2. The van der Waals surface area contributed by atoms with E-state index in [0.717, 1.165) is 32.0 Å². The maximum Gasteiger partial charge on any atom is 0.0737 e. The van der Waals surface area contributed by atoms with E-state index >= 15 is 4.21 Å². The van der Waals surface area contributed by atoms with E-state index in [1.165, 1.54) is 110 Å². The molecular formula is C76H48OS2. The minimum absolute atomic E-state index is 0.471. The number of hydrogen-bond donors (Lipinski definition) is 0. The average molecular weight is 1040 g/mol. The van der Waals surface area contributed by atoms with Crippen LogP contribution in [0.5, 0.6) is 0 Å². The molecular weight excluding hydrogens is 993 g/mol. The highest BCUT2D eigenvalue weighted by molar-refractivity contribution is 8.00. The van der Waals surface area contributed by atoms with Crippen molar-refractivity contribution in [1.82, 2.24) is 0 Å². The summed E-state index contributed by atoms with van der Waals surface area (Å²) in [5.74, 6) is 4.46. The van der Waals surface area contributed by atoms with Crippen molar-refractivity contribution in [3.63, 3.8) is 0 Å². The van der Waals surface area contributed by atoms with Gasteiger partial charge in [-0.25, -0.2) is 0 Å². The van der Waals surface area contributed by atoms with E-state index in [2.05, 4.69) is 261 Å². The molecule has 2 heterocycles. The zero-order valence-corrected chi connectivity index (χ0v) is 44.6. The second kappa shape index (κ2) is 16.3. The van der Waals surface area contributed by atoms with Crippen molar-refractivity contribution in [2.24, 2.45) is 0 Å². The molecule has 0 N–H and O–H groups in total. The third-order valence-corrected chi connectivity index (χ3v) is 21.7. The largest absolute Gasteiger partial charge is 0.258 e. The van der Waals surface area contributed by atoms with E-state index in [0.29, 0.717) is 0 Å². The van der Waals surface area contributed by atoms with Gasteiger partial charge in [0.25, 0.3) is 0 Å². The van der Waals surface area contributed by atoms with Crippen molar-refractivity contribution >= 4 is 27.2 Å². The fourth-order valence-electron chi connectivity index (χ4n) is 15.4. The molecule has 79 heavy (non-hydrogen) atoms. The zero-order valence-electron chi connectivity index (χ0n) is 43.0. The highest BCUT2D eigenvalue weighted by atomic mass is 32.2. The van der Waals surface area contributed by atoms with Gasteiger partial charge in [0.15, 0.2) is 0 Å². The predicted molar refractivity (Wildman–Crippen MR) is 325 cm³/mol. The van der Waals surface area contributed by atoms with Crippen LogP contribution in [0, 0.1) is 0 Å². The quantitative estimate of drug-likeness (QED) is 0.163. The Kier molecular flexibility index (Phi) is 9.29. The average Bonchev–Trinajstić information content (AvgIpc) is 3.29.